The lowest BCUT2D eigenvalue weighted by Gasteiger charge is -2.37. The lowest BCUT2D eigenvalue weighted by Crippen LogP contribution is -2.45. The number of benzene rings is 2. The van der Waals surface area contributed by atoms with E-state index in [0.29, 0.717) is 22.8 Å². The molecule has 0 fully saturated rings. The van der Waals surface area contributed by atoms with Gasteiger partial charge in [-0.05, 0) is 41.8 Å². The van der Waals surface area contributed by atoms with E-state index in [9.17, 15) is 4.79 Å². The van der Waals surface area contributed by atoms with Crippen LogP contribution in [0.15, 0.2) is 69.6 Å². The van der Waals surface area contributed by atoms with Gasteiger partial charge >= 0.3 is 0 Å². The molecule has 0 saturated carbocycles. The molecule has 0 bridgehead atoms. The summed E-state index contributed by atoms with van der Waals surface area (Å²) in [7, 11) is 0. The van der Waals surface area contributed by atoms with E-state index in [1.807, 2.05) is 41.8 Å². The summed E-state index contributed by atoms with van der Waals surface area (Å²) in [5, 5.41) is 9.25. The first-order valence-electron chi connectivity index (χ1n) is 8.76. The molecule has 5 rings (SSSR count). The van der Waals surface area contributed by atoms with Gasteiger partial charge in [0, 0.05) is 27.0 Å². The predicted octanol–water partition coefficient (Wildman–Crippen LogP) is 5.92. The zero-order valence-corrected chi connectivity index (χ0v) is 17.7. The van der Waals surface area contributed by atoms with E-state index in [4.69, 9.17) is 21.4 Å². The molecule has 3 aromatic rings. The molecule has 0 saturated heterocycles. The molecule has 28 heavy (non-hydrogen) atoms. The van der Waals surface area contributed by atoms with Crippen molar-refractivity contribution in [2.24, 2.45) is 5.10 Å². The number of halogens is 2. The van der Waals surface area contributed by atoms with Gasteiger partial charge < -0.3 is 4.74 Å². The maximum atomic E-state index is 13.2. The second-order valence-corrected chi connectivity index (χ2v) is 8.95. The maximum Gasteiger partial charge on any atom is 0.251 e. The third-order valence-corrected chi connectivity index (χ3v) is 6.59. The van der Waals surface area contributed by atoms with Crippen LogP contribution in [-0.2, 0) is 0 Å². The molecule has 4 nitrogen and oxygen atoms in total. The van der Waals surface area contributed by atoms with Crippen molar-refractivity contribution in [2.75, 3.05) is 0 Å². The minimum atomic E-state index is -0.808. The van der Waals surface area contributed by atoms with Gasteiger partial charge in [0.2, 0.25) is 5.78 Å². The van der Waals surface area contributed by atoms with Crippen molar-refractivity contribution in [3.05, 3.63) is 85.5 Å². The Morgan fingerprint density at radius 3 is 2.79 bits per heavy atom. The van der Waals surface area contributed by atoms with Gasteiger partial charge in [-0.1, -0.05) is 45.7 Å². The van der Waals surface area contributed by atoms with Gasteiger partial charge in [0.15, 0.2) is 0 Å². The van der Waals surface area contributed by atoms with E-state index in [-0.39, 0.29) is 11.8 Å². The molecule has 0 aliphatic carbocycles. The third kappa shape index (κ3) is 3.05. The lowest BCUT2D eigenvalue weighted by atomic mass is 9.97. The SMILES string of the molecule is O=C(c1ccc(Br)cc1)[C@@H]1Oc2ccc(Cl)cc2[C@@H]2CC(c3cccs3)=NN12. The Kier molecular flexibility index (Phi) is 4.50. The Balaban J connectivity index is 1.57. The molecule has 7 heteroatoms. The molecular formula is C21H14BrClN2O2S. The smallest absolute Gasteiger partial charge is 0.251 e. The van der Waals surface area contributed by atoms with Crippen molar-refractivity contribution in [2.45, 2.75) is 18.7 Å². The number of hydrogen-bond acceptors (Lipinski definition) is 5. The van der Waals surface area contributed by atoms with E-state index >= 15 is 0 Å². The molecule has 0 radical (unpaired) electrons. The second kappa shape index (κ2) is 7.03. The molecule has 2 aliphatic rings. The molecule has 0 N–H and O–H groups in total. The minimum Gasteiger partial charge on any atom is -0.461 e. The van der Waals surface area contributed by atoms with Crippen LogP contribution in [0.4, 0.5) is 0 Å². The standard InChI is InChI=1S/C21H14BrClN2O2S/c22-13-5-3-12(4-6-13)20(26)21-25-17(11-16(24-25)19-2-1-9-28-19)15-10-14(23)7-8-18(15)27-21/h1-10,17,21H,11H2/t17-,21-/m0/s1. The Hall–Kier alpha value is -2.15. The van der Waals surface area contributed by atoms with E-state index in [0.717, 1.165) is 20.6 Å². The van der Waals surface area contributed by atoms with Crippen LogP contribution in [-0.4, -0.2) is 22.7 Å². The number of Topliss-reactive ketones (excluding diaryl/α,β-unsaturated/α-hetero) is 1. The number of ether oxygens (including phenoxy) is 1. The summed E-state index contributed by atoms with van der Waals surface area (Å²) < 4.78 is 7.04. The highest BCUT2D eigenvalue weighted by Gasteiger charge is 2.43. The van der Waals surface area contributed by atoms with E-state index < -0.39 is 6.23 Å². The zero-order chi connectivity index (χ0) is 19.3. The summed E-state index contributed by atoms with van der Waals surface area (Å²) in [6, 6.07) is 16.8. The number of carbonyl (C=O) groups is 1. The Labute approximate surface area is 179 Å². The average Bonchev–Trinajstić information content (AvgIpc) is 3.37. The molecule has 0 amide bonds. The van der Waals surface area contributed by atoms with Crippen molar-refractivity contribution in [3.8, 4) is 5.75 Å². The summed E-state index contributed by atoms with van der Waals surface area (Å²) in [4.78, 5) is 14.4. The van der Waals surface area contributed by atoms with Crippen LogP contribution in [0.3, 0.4) is 0 Å². The first kappa shape index (κ1) is 17.9. The van der Waals surface area contributed by atoms with Crippen LogP contribution in [0.2, 0.25) is 5.02 Å². The largest absolute Gasteiger partial charge is 0.461 e. The van der Waals surface area contributed by atoms with Crippen molar-refractivity contribution >= 4 is 50.4 Å². The first-order chi connectivity index (χ1) is 13.6. The molecule has 140 valence electrons. The molecule has 1 aromatic heterocycles. The number of fused-ring (bicyclic) bond motifs is 3. The quantitative estimate of drug-likeness (QED) is 0.444. The van der Waals surface area contributed by atoms with Crippen molar-refractivity contribution in [3.63, 3.8) is 0 Å². The number of carbonyl (C=O) groups excluding carboxylic acids is 1. The monoisotopic (exact) mass is 472 g/mol. The van der Waals surface area contributed by atoms with Crippen LogP contribution < -0.4 is 4.74 Å². The van der Waals surface area contributed by atoms with Gasteiger partial charge in [-0.25, -0.2) is 5.01 Å². The topological polar surface area (TPSA) is 41.9 Å². The predicted molar refractivity (Wildman–Crippen MR) is 114 cm³/mol. The lowest BCUT2D eigenvalue weighted by molar-refractivity contribution is -0.00455. The van der Waals surface area contributed by atoms with Crippen molar-refractivity contribution in [1.29, 1.82) is 0 Å². The van der Waals surface area contributed by atoms with Crippen LogP contribution in [0.5, 0.6) is 5.75 Å². The molecule has 0 spiro atoms. The zero-order valence-electron chi connectivity index (χ0n) is 14.5. The third-order valence-electron chi connectivity index (χ3n) is 4.91. The fourth-order valence-electron chi connectivity index (χ4n) is 3.58. The fourth-order valence-corrected chi connectivity index (χ4v) is 4.75. The van der Waals surface area contributed by atoms with Gasteiger partial charge in [-0.2, -0.15) is 5.10 Å². The van der Waals surface area contributed by atoms with E-state index in [2.05, 4.69) is 15.9 Å². The molecule has 3 heterocycles. The Morgan fingerprint density at radius 1 is 1.21 bits per heavy atom. The van der Waals surface area contributed by atoms with Crippen LogP contribution >= 0.6 is 38.9 Å². The Morgan fingerprint density at radius 2 is 2.04 bits per heavy atom. The summed E-state index contributed by atoms with van der Waals surface area (Å²) in [6.07, 6.45) is -0.0984. The van der Waals surface area contributed by atoms with Crippen molar-refractivity contribution < 1.29 is 9.53 Å². The van der Waals surface area contributed by atoms with Crippen LogP contribution in [0, 0.1) is 0 Å². The van der Waals surface area contributed by atoms with Crippen LogP contribution in [0.25, 0.3) is 0 Å². The normalized spacial score (nSPS) is 20.2. The highest BCUT2D eigenvalue weighted by molar-refractivity contribution is 9.10. The van der Waals surface area contributed by atoms with Gasteiger partial charge in [0.25, 0.3) is 6.23 Å². The van der Waals surface area contributed by atoms with Gasteiger partial charge in [-0.15, -0.1) is 11.3 Å². The highest BCUT2D eigenvalue weighted by Crippen LogP contribution is 2.44. The minimum absolute atomic E-state index is 0.0797. The molecule has 2 aromatic carbocycles. The maximum absolute atomic E-state index is 13.2. The highest BCUT2D eigenvalue weighted by atomic mass is 79.9. The van der Waals surface area contributed by atoms with E-state index in [1.54, 1.807) is 34.5 Å². The van der Waals surface area contributed by atoms with Gasteiger partial charge in [0.05, 0.1) is 16.6 Å². The number of ketones is 1. The summed E-state index contributed by atoms with van der Waals surface area (Å²) in [6.45, 7) is 0. The molecule has 2 aliphatic heterocycles. The number of hydrazone groups is 1. The number of nitrogens with zero attached hydrogens (tertiary/aromatic N) is 2. The van der Waals surface area contributed by atoms with Crippen molar-refractivity contribution in [1.82, 2.24) is 5.01 Å². The number of thiophene rings is 1. The molecule has 2 atom stereocenters. The summed E-state index contributed by atoms with van der Waals surface area (Å²) in [5.74, 6) is 0.568. The molecule has 0 unspecified atom stereocenters. The first-order valence-corrected chi connectivity index (χ1v) is 10.8. The second-order valence-electron chi connectivity index (χ2n) is 6.65. The van der Waals surface area contributed by atoms with Gasteiger partial charge in [0.1, 0.15) is 5.75 Å². The summed E-state index contributed by atoms with van der Waals surface area (Å²) >= 11 is 11.3. The molecular weight excluding hydrogens is 460 g/mol. The fraction of sp³-hybridized carbons (Fsp3) is 0.143. The number of rotatable bonds is 3. The number of hydrogen-bond donors (Lipinski definition) is 0. The van der Waals surface area contributed by atoms with Crippen LogP contribution in [0.1, 0.15) is 33.3 Å². The Bertz CT molecular complexity index is 1080. The summed E-state index contributed by atoms with van der Waals surface area (Å²) in [5.41, 5.74) is 2.51. The van der Waals surface area contributed by atoms with Gasteiger partial charge in [-0.3, -0.25) is 4.79 Å². The van der Waals surface area contributed by atoms with E-state index in [1.165, 1.54) is 0 Å². The average molecular weight is 474 g/mol.